The van der Waals surface area contributed by atoms with Gasteiger partial charge in [-0.25, -0.2) is 0 Å². The number of unbranched alkanes of at least 4 members (excludes halogenated alkanes) is 1. The lowest BCUT2D eigenvalue weighted by Gasteiger charge is -2.34. The molecule has 128 valence electrons. The number of nitrogens with zero attached hydrogens (tertiary/aromatic N) is 5. The zero-order valence-corrected chi connectivity index (χ0v) is 14.4. The number of benzene rings is 1. The molecule has 0 radical (unpaired) electrons. The largest absolute Gasteiger partial charge is 0.369 e. The molecular formula is C18H26N6. The first-order valence-electron chi connectivity index (χ1n) is 8.80. The van der Waals surface area contributed by atoms with E-state index in [1.54, 1.807) is 6.20 Å². The smallest absolute Gasteiger partial charge is 0.247 e. The SMILES string of the molecule is CCCCNc1cnnc(N2CCN(Cc3ccccc3)CC2)n1. The van der Waals surface area contributed by atoms with Gasteiger partial charge in [0.2, 0.25) is 5.95 Å². The van der Waals surface area contributed by atoms with Gasteiger partial charge >= 0.3 is 0 Å². The van der Waals surface area contributed by atoms with Gasteiger partial charge in [0, 0.05) is 39.3 Å². The zero-order chi connectivity index (χ0) is 16.6. The minimum Gasteiger partial charge on any atom is -0.369 e. The number of nitrogens with one attached hydrogen (secondary N) is 1. The summed E-state index contributed by atoms with van der Waals surface area (Å²) in [6.45, 7) is 8.03. The summed E-state index contributed by atoms with van der Waals surface area (Å²) in [6.07, 6.45) is 4.00. The standard InChI is InChI=1S/C18H26N6/c1-2-3-9-19-17-14-20-22-18(21-17)24-12-10-23(11-13-24)15-16-7-5-4-6-8-16/h4-8,14H,2-3,9-13,15H2,1H3,(H,19,21,22). The Balaban J connectivity index is 1.52. The molecule has 3 rings (SSSR count). The molecule has 24 heavy (non-hydrogen) atoms. The summed E-state index contributed by atoms with van der Waals surface area (Å²) in [6, 6.07) is 10.6. The maximum atomic E-state index is 4.60. The van der Waals surface area contributed by atoms with Crippen LogP contribution in [-0.4, -0.2) is 52.8 Å². The molecule has 1 aliphatic rings. The van der Waals surface area contributed by atoms with Gasteiger partial charge < -0.3 is 10.2 Å². The summed E-state index contributed by atoms with van der Waals surface area (Å²) < 4.78 is 0. The minimum atomic E-state index is 0.732. The van der Waals surface area contributed by atoms with Crippen molar-refractivity contribution in [3.63, 3.8) is 0 Å². The Kier molecular flexibility index (Phi) is 5.96. The molecule has 6 heteroatoms. The average molecular weight is 326 g/mol. The quantitative estimate of drug-likeness (QED) is 0.789. The monoisotopic (exact) mass is 326 g/mol. The summed E-state index contributed by atoms with van der Waals surface area (Å²) in [5.74, 6) is 1.55. The fourth-order valence-electron chi connectivity index (χ4n) is 2.85. The zero-order valence-electron chi connectivity index (χ0n) is 14.4. The van der Waals surface area contributed by atoms with Gasteiger partial charge in [-0.15, -0.1) is 5.10 Å². The minimum absolute atomic E-state index is 0.732. The third-order valence-corrected chi connectivity index (χ3v) is 4.29. The molecule has 6 nitrogen and oxygen atoms in total. The molecule has 1 aliphatic heterocycles. The number of aromatic nitrogens is 3. The van der Waals surface area contributed by atoms with Crippen molar-refractivity contribution in [2.24, 2.45) is 0 Å². The predicted octanol–water partition coefficient (Wildman–Crippen LogP) is 2.41. The topological polar surface area (TPSA) is 57.2 Å². The van der Waals surface area contributed by atoms with Crippen LogP contribution in [0.25, 0.3) is 0 Å². The van der Waals surface area contributed by atoms with Crippen LogP contribution in [0.15, 0.2) is 36.5 Å². The van der Waals surface area contributed by atoms with Gasteiger partial charge in [-0.3, -0.25) is 4.90 Å². The highest BCUT2D eigenvalue weighted by Gasteiger charge is 2.19. The molecule has 0 aliphatic carbocycles. The van der Waals surface area contributed by atoms with Crippen molar-refractivity contribution < 1.29 is 0 Å². The molecule has 2 aromatic rings. The van der Waals surface area contributed by atoms with E-state index in [1.165, 1.54) is 12.0 Å². The van der Waals surface area contributed by atoms with Crippen LogP contribution in [0.3, 0.4) is 0 Å². The summed E-state index contributed by atoms with van der Waals surface area (Å²) in [5, 5.41) is 11.6. The molecule has 0 bridgehead atoms. The van der Waals surface area contributed by atoms with Gasteiger partial charge in [-0.1, -0.05) is 43.7 Å². The van der Waals surface area contributed by atoms with Gasteiger partial charge in [0.15, 0.2) is 5.82 Å². The molecule has 0 spiro atoms. The first-order valence-corrected chi connectivity index (χ1v) is 8.80. The summed E-state index contributed by atoms with van der Waals surface area (Å²) in [7, 11) is 0. The molecule has 1 aromatic heterocycles. The second kappa shape index (κ2) is 8.59. The van der Waals surface area contributed by atoms with E-state index in [0.717, 1.165) is 57.5 Å². The maximum absolute atomic E-state index is 4.60. The third-order valence-electron chi connectivity index (χ3n) is 4.29. The number of piperazine rings is 1. The highest BCUT2D eigenvalue weighted by atomic mass is 15.4. The molecular weight excluding hydrogens is 300 g/mol. The van der Waals surface area contributed by atoms with Crippen molar-refractivity contribution in [1.82, 2.24) is 20.1 Å². The lowest BCUT2D eigenvalue weighted by Crippen LogP contribution is -2.46. The van der Waals surface area contributed by atoms with E-state index < -0.39 is 0 Å². The fraction of sp³-hybridized carbons (Fsp3) is 0.500. The molecule has 2 heterocycles. The van der Waals surface area contributed by atoms with Gasteiger partial charge in [0.25, 0.3) is 0 Å². The Labute approximate surface area is 143 Å². The second-order valence-corrected chi connectivity index (χ2v) is 6.17. The lowest BCUT2D eigenvalue weighted by atomic mass is 10.2. The van der Waals surface area contributed by atoms with Crippen LogP contribution < -0.4 is 10.2 Å². The van der Waals surface area contributed by atoms with E-state index in [4.69, 9.17) is 0 Å². The summed E-state index contributed by atoms with van der Waals surface area (Å²) in [5.41, 5.74) is 1.37. The van der Waals surface area contributed by atoms with Crippen LogP contribution in [0, 0.1) is 0 Å². The third kappa shape index (κ3) is 4.64. The fourth-order valence-corrected chi connectivity index (χ4v) is 2.85. The van der Waals surface area contributed by atoms with Crippen LogP contribution in [0.1, 0.15) is 25.3 Å². The van der Waals surface area contributed by atoms with Crippen LogP contribution >= 0.6 is 0 Å². The first kappa shape index (κ1) is 16.6. The Bertz CT molecular complexity index is 610. The van der Waals surface area contributed by atoms with Crippen LogP contribution in [0.2, 0.25) is 0 Å². The molecule has 0 saturated carbocycles. The van der Waals surface area contributed by atoms with Crippen LogP contribution in [0.4, 0.5) is 11.8 Å². The maximum Gasteiger partial charge on any atom is 0.247 e. The van der Waals surface area contributed by atoms with Gasteiger partial charge in [0.05, 0.1) is 6.20 Å². The number of rotatable bonds is 7. The highest BCUT2D eigenvalue weighted by molar-refractivity contribution is 5.39. The average Bonchev–Trinajstić information content (AvgIpc) is 2.64. The number of hydrogen-bond acceptors (Lipinski definition) is 6. The van der Waals surface area contributed by atoms with Crippen molar-refractivity contribution in [3.05, 3.63) is 42.1 Å². The Morgan fingerprint density at radius 3 is 2.62 bits per heavy atom. The molecule has 1 N–H and O–H groups in total. The van der Waals surface area contributed by atoms with Crippen LogP contribution in [-0.2, 0) is 6.54 Å². The van der Waals surface area contributed by atoms with Gasteiger partial charge in [-0.2, -0.15) is 10.1 Å². The van der Waals surface area contributed by atoms with E-state index >= 15 is 0 Å². The highest BCUT2D eigenvalue weighted by Crippen LogP contribution is 2.14. The van der Waals surface area contributed by atoms with Crippen molar-refractivity contribution >= 4 is 11.8 Å². The summed E-state index contributed by atoms with van der Waals surface area (Å²) >= 11 is 0. The molecule has 0 amide bonds. The van der Waals surface area contributed by atoms with Crippen molar-refractivity contribution in [2.45, 2.75) is 26.3 Å². The normalized spacial score (nSPS) is 15.5. The molecule has 0 unspecified atom stereocenters. The number of hydrogen-bond donors (Lipinski definition) is 1. The molecule has 1 saturated heterocycles. The van der Waals surface area contributed by atoms with Crippen molar-refractivity contribution in [3.8, 4) is 0 Å². The Morgan fingerprint density at radius 1 is 1.08 bits per heavy atom. The van der Waals surface area contributed by atoms with Crippen molar-refractivity contribution in [2.75, 3.05) is 42.9 Å². The van der Waals surface area contributed by atoms with Gasteiger partial charge in [0.1, 0.15) is 0 Å². The molecule has 1 fully saturated rings. The first-order chi connectivity index (χ1) is 11.8. The van der Waals surface area contributed by atoms with E-state index in [1.807, 2.05) is 0 Å². The van der Waals surface area contributed by atoms with Crippen LogP contribution in [0.5, 0.6) is 0 Å². The molecule has 1 aromatic carbocycles. The van der Waals surface area contributed by atoms with E-state index in [-0.39, 0.29) is 0 Å². The lowest BCUT2D eigenvalue weighted by molar-refractivity contribution is 0.248. The Morgan fingerprint density at radius 2 is 1.88 bits per heavy atom. The van der Waals surface area contributed by atoms with Gasteiger partial charge in [-0.05, 0) is 12.0 Å². The van der Waals surface area contributed by atoms with E-state index in [2.05, 4.69) is 67.6 Å². The van der Waals surface area contributed by atoms with Crippen molar-refractivity contribution in [1.29, 1.82) is 0 Å². The Hall–Kier alpha value is -2.21. The second-order valence-electron chi connectivity index (χ2n) is 6.17. The molecule has 0 atom stereocenters. The van der Waals surface area contributed by atoms with E-state index in [9.17, 15) is 0 Å². The van der Waals surface area contributed by atoms with E-state index in [0.29, 0.717) is 0 Å². The predicted molar refractivity (Wildman–Crippen MR) is 97.2 cm³/mol. The summed E-state index contributed by atoms with van der Waals surface area (Å²) in [4.78, 5) is 9.30. The number of anilines is 2.